The van der Waals surface area contributed by atoms with Crippen LogP contribution >= 0.6 is 0 Å². The molecule has 0 aromatic heterocycles. The van der Waals surface area contributed by atoms with Crippen molar-refractivity contribution in [2.75, 3.05) is 7.11 Å². The van der Waals surface area contributed by atoms with Gasteiger partial charge in [0, 0.05) is 39.8 Å². The zero-order valence-electron chi connectivity index (χ0n) is 10.1. The third-order valence-corrected chi connectivity index (χ3v) is 1.91. The second-order valence-electron chi connectivity index (χ2n) is 3.28. The molecule has 0 spiro atoms. The predicted octanol–water partition coefficient (Wildman–Crippen LogP) is 3.50. The van der Waals surface area contributed by atoms with Crippen molar-refractivity contribution in [1.29, 1.82) is 0 Å². The van der Waals surface area contributed by atoms with Crippen LogP contribution in [0.1, 0.15) is 41.0 Å². The Bertz CT molecular complexity index is 84.2. The summed E-state index contributed by atoms with van der Waals surface area (Å²) in [5.74, 6) is 2.05. The fourth-order valence-corrected chi connectivity index (χ4v) is 0.655. The van der Waals surface area contributed by atoms with Gasteiger partial charge >= 0.3 is 0 Å². The van der Waals surface area contributed by atoms with Crippen molar-refractivity contribution >= 4 is 0 Å². The first kappa shape index (κ1) is 19.6. The van der Waals surface area contributed by atoms with Gasteiger partial charge in [-0.25, -0.2) is 0 Å². The largest absolute Gasteiger partial charge is 0.413 e. The van der Waals surface area contributed by atoms with E-state index in [-0.39, 0.29) is 32.7 Å². The molecule has 0 N–H and O–H groups in total. The van der Waals surface area contributed by atoms with Gasteiger partial charge in [0.25, 0.3) is 0 Å². The molecule has 0 aliphatic heterocycles. The van der Waals surface area contributed by atoms with Gasteiger partial charge in [0.1, 0.15) is 0 Å². The summed E-state index contributed by atoms with van der Waals surface area (Å²) in [5, 5.41) is 0. The molecule has 79 valence electrons. The molecule has 1 nitrogen and oxygen atoms in total. The van der Waals surface area contributed by atoms with Crippen LogP contribution in [0.25, 0.3) is 0 Å². The molecule has 1 atom stereocenters. The monoisotopic (exact) mass is 261 g/mol. The molecule has 0 saturated carbocycles. The molecule has 0 bridgehead atoms. The van der Waals surface area contributed by atoms with Gasteiger partial charge in [0.15, 0.2) is 0 Å². The van der Waals surface area contributed by atoms with E-state index < -0.39 is 0 Å². The van der Waals surface area contributed by atoms with Gasteiger partial charge in [-0.15, -0.1) is 0 Å². The normalized spacial score (nSPS) is 11.8. The molecule has 1 unspecified atom stereocenters. The van der Waals surface area contributed by atoms with E-state index >= 15 is 0 Å². The van der Waals surface area contributed by atoms with Gasteiger partial charge in [-0.3, -0.25) is 5.92 Å². The zero-order valence-corrected chi connectivity index (χ0v) is 12.9. The molecule has 0 aromatic carbocycles. The fraction of sp³-hybridized carbons (Fsp3) is 0.818. The Balaban J connectivity index is -0.000000220. The summed E-state index contributed by atoms with van der Waals surface area (Å²) in [4.78, 5) is 0. The molecule has 13 heavy (non-hydrogen) atoms. The second-order valence-corrected chi connectivity index (χ2v) is 3.28. The van der Waals surface area contributed by atoms with E-state index in [1.807, 2.05) is 6.92 Å². The minimum atomic E-state index is 0. The first-order valence-corrected chi connectivity index (χ1v) is 4.66. The maximum Gasteiger partial charge on any atom is 0.0323 e. The summed E-state index contributed by atoms with van der Waals surface area (Å²) in [5.41, 5.74) is 0. The van der Waals surface area contributed by atoms with Crippen LogP contribution in [0, 0.1) is 18.8 Å². The smallest absolute Gasteiger partial charge is 0.0323 e. The van der Waals surface area contributed by atoms with Gasteiger partial charge in [0.05, 0.1) is 0 Å². The summed E-state index contributed by atoms with van der Waals surface area (Å²) in [6, 6.07) is 0. The van der Waals surface area contributed by atoms with Crippen molar-refractivity contribution in [3.05, 3.63) is 12.8 Å². The Morgan fingerprint density at radius 1 is 1.31 bits per heavy atom. The van der Waals surface area contributed by atoms with Gasteiger partial charge in [0.2, 0.25) is 0 Å². The van der Waals surface area contributed by atoms with Crippen molar-refractivity contribution in [3.8, 4) is 0 Å². The van der Waals surface area contributed by atoms with Crippen LogP contribution in [-0.2, 0) is 37.4 Å². The van der Waals surface area contributed by atoms with Crippen molar-refractivity contribution in [2.45, 2.75) is 47.1 Å². The minimum absolute atomic E-state index is 0. The van der Waals surface area contributed by atoms with Crippen LogP contribution in [0.2, 0.25) is 0 Å². The van der Waals surface area contributed by atoms with Gasteiger partial charge in [-0.1, -0.05) is 33.8 Å². The van der Waals surface area contributed by atoms with Crippen molar-refractivity contribution in [3.63, 3.8) is 0 Å². The molecule has 1 radical (unpaired) electrons. The summed E-state index contributed by atoms with van der Waals surface area (Å²) < 4.78 is 5.14. The number of hydrogen-bond acceptors (Lipinski definition) is 1. The molecule has 0 aliphatic rings. The minimum Gasteiger partial charge on any atom is -0.413 e. The van der Waals surface area contributed by atoms with Gasteiger partial charge < -0.3 is 11.7 Å². The Kier molecular flexibility index (Phi) is 19.7. The van der Waals surface area contributed by atoms with E-state index in [0.717, 1.165) is 6.42 Å². The van der Waals surface area contributed by atoms with E-state index in [2.05, 4.69) is 34.6 Å². The molecule has 0 heterocycles. The molecule has 0 aromatic rings. The SMILES string of the molecule is COC(C)[C-](C)C(C)C.[CH2-]CC.[Y]. The average molecular weight is 261 g/mol. The van der Waals surface area contributed by atoms with Gasteiger partial charge in [-0.05, 0) is 0 Å². The number of methoxy groups -OCH3 is 1. The maximum absolute atomic E-state index is 5.14. The van der Waals surface area contributed by atoms with E-state index in [1.54, 1.807) is 7.11 Å². The number of rotatable bonds is 3. The molecule has 0 fully saturated rings. The van der Waals surface area contributed by atoms with Crippen LogP contribution in [0.15, 0.2) is 0 Å². The molecular formula is C11H24OY-2. The van der Waals surface area contributed by atoms with E-state index in [0.29, 0.717) is 12.0 Å². The Hall–Kier alpha value is 1.06. The molecule has 2 heteroatoms. The first-order chi connectivity index (χ1) is 5.51. The Labute approximate surface area is 110 Å². The predicted molar refractivity (Wildman–Crippen MR) is 55.9 cm³/mol. The van der Waals surface area contributed by atoms with Crippen LogP contribution in [0.4, 0.5) is 0 Å². The van der Waals surface area contributed by atoms with Gasteiger partial charge in [-0.2, -0.15) is 19.3 Å². The molecular weight excluding hydrogens is 237 g/mol. The fourth-order valence-electron chi connectivity index (χ4n) is 0.655. The third-order valence-electron chi connectivity index (χ3n) is 1.91. The average Bonchev–Trinajstić information content (AvgIpc) is 2.03. The van der Waals surface area contributed by atoms with E-state index in [4.69, 9.17) is 4.74 Å². The molecule has 0 amide bonds. The quantitative estimate of drug-likeness (QED) is 0.706. The van der Waals surface area contributed by atoms with Crippen molar-refractivity contribution < 1.29 is 37.4 Å². The number of hydrogen-bond donors (Lipinski definition) is 0. The Morgan fingerprint density at radius 3 is 1.69 bits per heavy atom. The van der Waals surface area contributed by atoms with Crippen LogP contribution in [0.5, 0.6) is 0 Å². The van der Waals surface area contributed by atoms with E-state index in [1.165, 1.54) is 5.92 Å². The van der Waals surface area contributed by atoms with Crippen LogP contribution in [-0.4, -0.2) is 13.2 Å². The Morgan fingerprint density at radius 2 is 1.62 bits per heavy atom. The van der Waals surface area contributed by atoms with Crippen LogP contribution in [0.3, 0.4) is 0 Å². The second kappa shape index (κ2) is 13.1. The number of ether oxygens (including phenoxy) is 1. The maximum atomic E-state index is 5.14. The molecule has 0 saturated heterocycles. The standard InChI is InChI=1S/C8H17O.C3H7.Y/c1-6(2)7(3)8(4)9-5;1-3-2;/h6,8H,1-5H3;1,3H2,2H3;/q2*-1;. The third kappa shape index (κ3) is 13.1. The summed E-state index contributed by atoms with van der Waals surface area (Å²) in [6.45, 7) is 14.1. The first-order valence-electron chi connectivity index (χ1n) is 4.66. The summed E-state index contributed by atoms with van der Waals surface area (Å²) in [6.07, 6.45) is 1.31. The summed E-state index contributed by atoms with van der Waals surface area (Å²) in [7, 11) is 1.75. The van der Waals surface area contributed by atoms with Crippen LogP contribution < -0.4 is 0 Å². The molecule has 0 aliphatic carbocycles. The van der Waals surface area contributed by atoms with Crippen molar-refractivity contribution in [2.24, 2.45) is 5.92 Å². The van der Waals surface area contributed by atoms with Crippen molar-refractivity contribution in [1.82, 2.24) is 0 Å². The molecule has 0 rings (SSSR count). The van der Waals surface area contributed by atoms with E-state index in [9.17, 15) is 0 Å². The topological polar surface area (TPSA) is 9.23 Å². The summed E-state index contributed by atoms with van der Waals surface area (Å²) >= 11 is 0. The zero-order chi connectivity index (χ0) is 10.1.